The van der Waals surface area contributed by atoms with Crippen LogP contribution < -0.4 is 0 Å². The Morgan fingerprint density at radius 1 is 1.55 bits per heavy atom. The van der Waals surface area contributed by atoms with Crippen molar-refractivity contribution in [2.75, 3.05) is 0 Å². The molecule has 4 nitrogen and oxygen atoms in total. The molecule has 0 spiro atoms. The third kappa shape index (κ3) is 0.970. The Balaban J connectivity index is 2.91. The number of rotatable bonds is 0. The molecule has 1 N–H and O–H groups in total. The molecule has 0 aliphatic rings. The molecule has 0 fully saturated rings. The minimum absolute atomic E-state index is 0.0168. The highest BCUT2D eigenvalue weighted by Crippen LogP contribution is 2.17. The molecular formula is C6H4BrN3O. The van der Waals surface area contributed by atoms with E-state index in [0.717, 1.165) is 0 Å². The van der Waals surface area contributed by atoms with Gasteiger partial charge in [-0.05, 0) is 22.0 Å². The molecule has 0 saturated heterocycles. The smallest absolute Gasteiger partial charge is 0.238 e. The van der Waals surface area contributed by atoms with Crippen molar-refractivity contribution in [1.82, 2.24) is 14.6 Å². The number of halogens is 1. The molecular weight excluding hydrogens is 210 g/mol. The maximum Gasteiger partial charge on any atom is 0.238 e. The third-order valence-corrected chi connectivity index (χ3v) is 1.72. The van der Waals surface area contributed by atoms with Crippen molar-refractivity contribution in [2.45, 2.75) is 0 Å². The van der Waals surface area contributed by atoms with Gasteiger partial charge in [0.1, 0.15) is 10.1 Å². The topological polar surface area (TPSA) is 50.4 Å². The maximum absolute atomic E-state index is 9.24. The fourth-order valence-corrected chi connectivity index (χ4v) is 1.24. The van der Waals surface area contributed by atoms with Gasteiger partial charge in [-0.3, -0.25) is 0 Å². The molecule has 56 valence electrons. The van der Waals surface area contributed by atoms with Crippen LogP contribution in [0.5, 0.6) is 5.88 Å². The molecule has 2 aromatic heterocycles. The van der Waals surface area contributed by atoms with Crippen molar-refractivity contribution in [2.24, 2.45) is 0 Å². The molecule has 0 aromatic carbocycles. The van der Waals surface area contributed by atoms with Gasteiger partial charge in [-0.1, -0.05) is 0 Å². The van der Waals surface area contributed by atoms with Crippen LogP contribution >= 0.6 is 15.9 Å². The zero-order valence-corrected chi connectivity index (χ0v) is 6.98. The van der Waals surface area contributed by atoms with E-state index in [1.54, 1.807) is 23.0 Å². The van der Waals surface area contributed by atoms with Gasteiger partial charge in [0.05, 0.1) is 12.4 Å². The Morgan fingerprint density at radius 2 is 2.36 bits per heavy atom. The summed E-state index contributed by atoms with van der Waals surface area (Å²) in [7, 11) is 0. The minimum Gasteiger partial charge on any atom is -0.492 e. The van der Waals surface area contributed by atoms with E-state index in [2.05, 4.69) is 26.0 Å². The van der Waals surface area contributed by atoms with Crippen LogP contribution in [-0.4, -0.2) is 19.7 Å². The lowest BCUT2D eigenvalue weighted by atomic mass is 10.5. The van der Waals surface area contributed by atoms with Crippen LogP contribution in [0, 0.1) is 0 Å². The lowest BCUT2D eigenvalue weighted by molar-refractivity contribution is 0.455. The SMILES string of the molecule is Oc1nc(Br)cn2nccc12. The maximum atomic E-state index is 9.24. The summed E-state index contributed by atoms with van der Waals surface area (Å²) in [5, 5.41) is 13.2. The molecule has 0 amide bonds. The number of hydrogen-bond acceptors (Lipinski definition) is 3. The molecule has 0 atom stereocenters. The summed E-state index contributed by atoms with van der Waals surface area (Å²) in [6.07, 6.45) is 3.28. The number of aromatic hydroxyl groups is 1. The van der Waals surface area contributed by atoms with Crippen molar-refractivity contribution in [3.63, 3.8) is 0 Å². The van der Waals surface area contributed by atoms with Gasteiger partial charge < -0.3 is 5.11 Å². The van der Waals surface area contributed by atoms with Crippen LogP contribution in [0.4, 0.5) is 0 Å². The van der Waals surface area contributed by atoms with Crippen molar-refractivity contribution in [3.8, 4) is 5.88 Å². The van der Waals surface area contributed by atoms with Crippen LogP contribution in [-0.2, 0) is 0 Å². The van der Waals surface area contributed by atoms with Gasteiger partial charge >= 0.3 is 0 Å². The molecule has 0 aliphatic carbocycles. The van der Waals surface area contributed by atoms with Crippen molar-refractivity contribution < 1.29 is 5.11 Å². The first-order valence-corrected chi connectivity index (χ1v) is 3.75. The van der Waals surface area contributed by atoms with E-state index in [4.69, 9.17) is 0 Å². The second-order valence-corrected chi connectivity index (χ2v) is 2.86. The fourth-order valence-electron chi connectivity index (χ4n) is 0.882. The van der Waals surface area contributed by atoms with Gasteiger partial charge in [-0.15, -0.1) is 0 Å². The summed E-state index contributed by atoms with van der Waals surface area (Å²) in [6.45, 7) is 0. The molecule has 5 heteroatoms. The highest BCUT2D eigenvalue weighted by molar-refractivity contribution is 9.10. The zero-order valence-electron chi connectivity index (χ0n) is 5.40. The number of hydrogen-bond donors (Lipinski definition) is 1. The second kappa shape index (κ2) is 2.20. The van der Waals surface area contributed by atoms with Gasteiger partial charge in [-0.2, -0.15) is 5.10 Å². The molecule has 0 radical (unpaired) electrons. The second-order valence-electron chi connectivity index (χ2n) is 2.05. The molecule has 0 unspecified atom stereocenters. The van der Waals surface area contributed by atoms with E-state index in [1.807, 2.05) is 0 Å². The van der Waals surface area contributed by atoms with Crippen molar-refractivity contribution in [1.29, 1.82) is 0 Å². The normalized spacial score (nSPS) is 10.6. The Hall–Kier alpha value is -1.10. The van der Waals surface area contributed by atoms with E-state index < -0.39 is 0 Å². The summed E-state index contributed by atoms with van der Waals surface area (Å²) in [5.74, 6) is -0.0168. The van der Waals surface area contributed by atoms with Crippen molar-refractivity contribution in [3.05, 3.63) is 23.1 Å². The average molecular weight is 214 g/mol. The van der Waals surface area contributed by atoms with E-state index >= 15 is 0 Å². The Bertz CT molecular complexity index is 398. The van der Waals surface area contributed by atoms with E-state index in [0.29, 0.717) is 10.1 Å². The zero-order chi connectivity index (χ0) is 7.84. The average Bonchev–Trinajstić information content (AvgIpc) is 2.34. The largest absolute Gasteiger partial charge is 0.492 e. The summed E-state index contributed by atoms with van der Waals surface area (Å²) >= 11 is 3.14. The standard InChI is InChI=1S/C6H4BrN3O/c7-5-3-10-4(1-2-8-10)6(11)9-5/h1-3H,(H,9,11). The van der Waals surface area contributed by atoms with Gasteiger partial charge in [0.2, 0.25) is 5.88 Å². The first-order valence-electron chi connectivity index (χ1n) is 2.96. The first-order chi connectivity index (χ1) is 5.27. The number of nitrogens with zero attached hydrogens (tertiary/aromatic N) is 3. The van der Waals surface area contributed by atoms with Crippen LogP contribution in [0.25, 0.3) is 5.52 Å². The van der Waals surface area contributed by atoms with E-state index in [1.165, 1.54) is 0 Å². The highest BCUT2D eigenvalue weighted by atomic mass is 79.9. The molecule has 11 heavy (non-hydrogen) atoms. The Kier molecular flexibility index (Phi) is 1.32. The van der Waals surface area contributed by atoms with Gasteiger partial charge in [0.15, 0.2) is 0 Å². The molecule has 0 aliphatic heterocycles. The van der Waals surface area contributed by atoms with Crippen molar-refractivity contribution >= 4 is 21.4 Å². The molecule has 2 aromatic rings. The molecule has 2 rings (SSSR count). The first kappa shape index (κ1) is 6.60. The summed E-state index contributed by atoms with van der Waals surface area (Å²) in [6, 6.07) is 1.69. The van der Waals surface area contributed by atoms with Gasteiger partial charge in [-0.25, -0.2) is 9.50 Å². The number of fused-ring (bicyclic) bond motifs is 1. The molecule has 0 saturated carbocycles. The van der Waals surface area contributed by atoms with Crippen LogP contribution in [0.15, 0.2) is 23.1 Å². The lowest BCUT2D eigenvalue weighted by Crippen LogP contribution is -1.88. The quantitative estimate of drug-likeness (QED) is 0.716. The van der Waals surface area contributed by atoms with Crippen LogP contribution in [0.3, 0.4) is 0 Å². The fraction of sp³-hybridized carbons (Fsp3) is 0. The predicted octanol–water partition coefficient (Wildman–Crippen LogP) is 1.20. The summed E-state index contributed by atoms with van der Waals surface area (Å²) in [4.78, 5) is 3.79. The highest BCUT2D eigenvalue weighted by Gasteiger charge is 2.01. The van der Waals surface area contributed by atoms with Crippen LogP contribution in [0.1, 0.15) is 0 Å². The Morgan fingerprint density at radius 3 is 3.18 bits per heavy atom. The monoisotopic (exact) mass is 213 g/mol. The predicted molar refractivity (Wildman–Crippen MR) is 42.4 cm³/mol. The summed E-state index contributed by atoms with van der Waals surface area (Å²) in [5.41, 5.74) is 0.605. The van der Waals surface area contributed by atoms with Gasteiger partial charge in [0, 0.05) is 0 Å². The summed E-state index contributed by atoms with van der Waals surface area (Å²) < 4.78 is 2.11. The Labute approximate surface area is 70.6 Å². The number of aromatic nitrogens is 3. The van der Waals surface area contributed by atoms with E-state index in [9.17, 15) is 5.11 Å². The molecule has 2 heterocycles. The van der Waals surface area contributed by atoms with E-state index in [-0.39, 0.29) is 5.88 Å². The van der Waals surface area contributed by atoms with Crippen LogP contribution in [0.2, 0.25) is 0 Å². The van der Waals surface area contributed by atoms with Gasteiger partial charge in [0.25, 0.3) is 0 Å². The molecule has 0 bridgehead atoms. The minimum atomic E-state index is -0.0168. The lowest BCUT2D eigenvalue weighted by Gasteiger charge is -1.95. The third-order valence-electron chi connectivity index (χ3n) is 1.34.